The van der Waals surface area contributed by atoms with E-state index in [1.54, 1.807) is 0 Å². The zero-order valence-electron chi connectivity index (χ0n) is 14.1. The Kier molecular flexibility index (Phi) is 6.53. The Morgan fingerprint density at radius 2 is 2.00 bits per heavy atom. The lowest BCUT2D eigenvalue weighted by molar-refractivity contribution is 0.462. The van der Waals surface area contributed by atoms with Crippen molar-refractivity contribution in [3.63, 3.8) is 0 Å². The average molecular weight is 333 g/mol. The molecule has 1 aromatic carbocycles. The van der Waals surface area contributed by atoms with Crippen molar-refractivity contribution in [3.8, 4) is 0 Å². The number of nitrogens with one attached hydrogen (secondary N) is 1. The molecule has 23 heavy (non-hydrogen) atoms. The molecule has 0 radical (unpaired) electrons. The van der Waals surface area contributed by atoms with E-state index in [1.807, 2.05) is 12.1 Å². The monoisotopic (exact) mass is 332 g/mol. The molecule has 0 fully saturated rings. The SMILES string of the molecule is CCNC(=NCCc1ccc(Cl)cc1)N(C)Cc1cccn1C. The summed E-state index contributed by atoms with van der Waals surface area (Å²) in [6, 6.07) is 12.2. The number of nitrogens with zero attached hydrogens (tertiary/aromatic N) is 3. The van der Waals surface area contributed by atoms with Crippen molar-refractivity contribution in [2.45, 2.75) is 19.9 Å². The third kappa shape index (κ3) is 5.32. The van der Waals surface area contributed by atoms with Crippen molar-refractivity contribution >= 4 is 17.6 Å². The van der Waals surface area contributed by atoms with Gasteiger partial charge in [-0.2, -0.15) is 0 Å². The summed E-state index contributed by atoms with van der Waals surface area (Å²) in [4.78, 5) is 6.88. The highest BCUT2D eigenvalue weighted by molar-refractivity contribution is 6.30. The fourth-order valence-electron chi connectivity index (χ4n) is 2.39. The van der Waals surface area contributed by atoms with Crippen LogP contribution in [0, 0.1) is 0 Å². The summed E-state index contributed by atoms with van der Waals surface area (Å²) in [5.74, 6) is 0.933. The molecule has 4 nitrogen and oxygen atoms in total. The van der Waals surface area contributed by atoms with Crippen LogP contribution in [0.1, 0.15) is 18.2 Å². The Balaban J connectivity index is 1.95. The zero-order chi connectivity index (χ0) is 16.7. The summed E-state index contributed by atoms with van der Waals surface area (Å²) in [5, 5.41) is 4.13. The largest absolute Gasteiger partial charge is 0.357 e. The number of halogens is 1. The minimum atomic E-state index is 0.751. The topological polar surface area (TPSA) is 32.6 Å². The number of rotatable bonds is 6. The van der Waals surface area contributed by atoms with Crippen LogP contribution in [-0.2, 0) is 20.0 Å². The number of benzene rings is 1. The van der Waals surface area contributed by atoms with Crippen molar-refractivity contribution in [2.75, 3.05) is 20.1 Å². The van der Waals surface area contributed by atoms with Gasteiger partial charge in [-0.25, -0.2) is 0 Å². The van der Waals surface area contributed by atoms with Crippen molar-refractivity contribution in [1.29, 1.82) is 0 Å². The molecule has 1 heterocycles. The van der Waals surface area contributed by atoms with Crippen LogP contribution >= 0.6 is 11.6 Å². The predicted molar refractivity (Wildman–Crippen MR) is 98.0 cm³/mol. The second-order valence-electron chi connectivity index (χ2n) is 5.58. The lowest BCUT2D eigenvalue weighted by atomic mass is 10.1. The van der Waals surface area contributed by atoms with Crippen LogP contribution in [-0.4, -0.2) is 35.6 Å². The van der Waals surface area contributed by atoms with E-state index in [-0.39, 0.29) is 0 Å². The molecule has 0 atom stereocenters. The fraction of sp³-hybridized carbons (Fsp3) is 0.389. The lowest BCUT2D eigenvalue weighted by Crippen LogP contribution is -2.39. The normalized spacial score (nSPS) is 11.6. The fourth-order valence-corrected chi connectivity index (χ4v) is 2.52. The van der Waals surface area contributed by atoms with Gasteiger partial charge in [-0.3, -0.25) is 4.99 Å². The van der Waals surface area contributed by atoms with Crippen LogP contribution < -0.4 is 5.32 Å². The number of aryl methyl sites for hydroxylation is 1. The molecule has 0 saturated heterocycles. The van der Waals surface area contributed by atoms with Gasteiger partial charge in [0, 0.05) is 44.1 Å². The predicted octanol–water partition coefficient (Wildman–Crippen LogP) is 3.32. The molecule has 2 aromatic rings. The van der Waals surface area contributed by atoms with E-state index in [0.717, 1.165) is 37.0 Å². The molecule has 0 aliphatic rings. The molecule has 0 unspecified atom stereocenters. The first-order chi connectivity index (χ1) is 11.1. The van der Waals surface area contributed by atoms with Crippen LogP contribution in [0.15, 0.2) is 47.6 Å². The van der Waals surface area contributed by atoms with Gasteiger partial charge in [-0.1, -0.05) is 23.7 Å². The highest BCUT2D eigenvalue weighted by Crippen LogP contribution is 2.10. The lowest BCUT2D eigenvalue weighted by Gasteiger charge is -2.22. The van der Waals surface area contributed by atoms with E-state index in [0.29, 0.717) is 0 Å². The van der Waals surface area contributed by atoms with Gasteiger partial charge in [0.1, 0.15) is 0 Å². The maximum atomic E-state index is 5.91. The Labute approximate surface area is 143 Å². The first kappa shape index (κ1) is 17.4. The molecule has 5 heteroatoms. The molecule has 1 N–H and O–H groups in total. The number of aromatic nitrogens is 1. The van der Waals surface area contributed by atoms with E-state index in [9.17, 15) is 0 Å². The molecule has 0 amide bonds. The third-order valence-corrected chi connectivity index (χ3v) is 3.97. The molecule has 0 saturated carbocycles. The van der Waals surface area contributed by atoms with Gasteiger partial charge >= 0.3 is 0 Å². The van der Waals surface area contributed by atoms with Gasteiger partial charge in [0.25, 0.3) is 0 Å². The summed E-state index contributed by atoms with van der Waals surface area (Å²) in [6.07, 6.45) is 2.97. The Bertz CT molecular complexity index is 631. The molecule has 0 aliphatic carbocycles. The van der Waals surface area contributed by atoms with Crippen molar-refractivity contribution in [2.24, 2.45) is 12.0 Å². The number of hydrogen-bond donors (Lipinski definition) is 1. The number of hydrogen-bond acceptors (Lipinski definition) is 1. The maximum absolute atomic E-state index is 5.91. The Hall–Kier alpha value is -1.94. The summed E-state index contributed by atoms with van der Waals surface area (Å²) in [7, 11) is 4.13. The highest BCUT2D eigenvalue weighted by Gasteiger charge is 2.08. The molecule has 0 aliphatic heterocycles. The van der Waals surface area contributed by atoms with E-state index in [1.165, 1.54) is 11.3 Å². The van der Waals surface area contributed by atoms with Gasteiger partial charge in [-0.05, 0) is 43.2 Å². The van der Waals surface area contributed by atoms with Crippen LogP contribution in [0.5, 0.6) is 0 Å². The molecule has 124 valence electrons. The van der Waals surface area contributed by atoms with Crippen LogP contribution in [0.2, 0.25) is 5.02 Å². The second kappa shape index (κ2) is 8.63. The summed E-state index contributed by atoms with van der Waals surface area (Å²) in [6.45, 7) is 4.53. The highest BCUT2D eigenvalue weighted by atomic mass is 35.5. The summed E-state index contributed by atoms with van der Waals surface area (Å²) >= 11 is 5.91. The number of aliphatic imine (C=N–C) groups is 1. The second-order valence-corrected chi connectivity index (χ2v) is 6.02. The van der Waals surface area contributed by atoms with Gasteiger partial charge in [0.2, 0.25) is 0 Å². The van der Waals surface area contributed by atoms with E-state index in [4.69, 9.17) is 16.6 Å². The van der Waals surface area contributed by atoms with Crippen LogP contribution in [0.3, 0.4) is 0 Å². The molecule has 2 rings (SSSR count). The molecule has 0 bridgehead atoms. The van der Waals surface area contributed by atoms with Gasteiger partial charge in [-0.15, -0.1) is 0 Å². The molecule has 1 aromatic heterocycles. The smallest absolute Gasteiger partial charge is 0.194 e. The minimum Gasteiger partial charge on any atom is -0.357 e. The van der Waals surface area contributed by atoms with E-state index < -0.39 is 0 Å². The van der Waals surface area contributed by atoms with E-state index in [2.05, 4.69) is 66.3 Å². The van der Waals surface area contributed by atoms with Crippen molar-refractivity contribution in [1.82, 2.24) is 14.8 Å². The Morgan fingerprint density at radius 3 is 2.61 bits per heavy atom. The average Bonchev–Trinajstić information content (AvgIpc) is 2.93. The number of guanidine groups is 1. The summed E-state index contributed by atoms with van der Waals surface area (Å²) in [5.41, 5.74) is 2.51. The van der Waals surface area contributed by atoms with Crippen molar-refractivity contribution < 1.29 is 0 Å². The minimum absolute atomic E-state index is 0.751. The zero-order valence-corrected chi connectivity index (χ0v) is 14.8. The third-order valence-electron chi connectivity index (χ3n) is 3.72. The first-order valence-electron chi connectivity index (χ1n) is 7.94. The first-order valence-corrected chi connectivity index (χ1v) is 8.32. The van der Waals surface area contributed by atoms with Gasteiger partial charge in [0.15, 0.2) is 5.96 Å². The van der Waals surface area contributed by atoms with E-state index >= 15 is 0 Å². The summed E-state index contributed by atoms with van der Waals surface area (Å²) < 4.78 is 2.13. The maximum Gasteiger partial charge on any atom is 0.194 e. The van der Waals surface area contributed by atoms with Crippen molar-refractivity contribution in [3.05, 3.63) is 58.9 Å². The molecular formula is C18H25ClN4. The standard InChI is InChI=1S/C18H25ClN4/c1-4-20-18(23(3)14-17-6-5-13-22(17)2)21-12-11-15-7-9-16(19)10-8-15/h5-10,13H,4,11-12,14H2,1-3H3,(H,20,21). The Morgan fingerprint density at radius 1 is 1.26 bits per heavy atom. The van der Waals surface area contributed by atoms with Crippen LogP contribution in [0.4, 0.5) is 0 Å². The quantitative estimate of drug-likeness (QED) is 0.650. The van der Waals surface area contributed by atoms with Gasteiger partial charge in [0.05, 0.1) is 6.54 Å². The van der Waals surface area contributed by atoms with Gasteiger partial charge < -0.3 is 14.8 Å². The molecule has 0 spiro atoms. The van der Waals surface area contributed by atoms with Crippen LogP contribution in [0.25, 0.3) is 0 Å². The molecular weight excluding hydrogens is 308 g/mol.